The average molecular weight is 329 g/mol. The summed E-state index contributed by atoms with van der Waals surface area (Å²) in [6, 6.07) is 9.23. The van der Waals surface area contributed by atoms with Gasteiger partial charge in [0.15, 0.2) is 0 Å². The monoisotopic (exact) mass is 327 g/mol. The van der Waals surface area contributed by atoms with Gasteiger partial charge in [0, 0.05) is 12.8 Å². The number of nitrogens with zero attached hydrogens (tertiary/aromatic N) is 1. The Morgan fingerprint density at radius 1 is 1.28 bits per heavy atom. The fraction of sp³-hybridized carbons (Fsp3) is 0.154. The first kappa shape index (κ1) is 13.3. The van der Waals surface area contributed by atoms with Crippen molar-refractivity contribution in [3.8, 4) is 11.6 Å². The minimum atomic E-state index is 0.143. The van der Waals surface area contributed by atoms with Gasteiger partial charge in [-0.05, 0) is 46.1 Å². The number of rotatable bonds is 4. The van der Waals surface area contributed by atoms with Crippen molar-refractivity contribution in [3.05, 3.63) is 51.6 Å². The topological polar surface area (TPSA) is 42.4 Å². The van der Waals surface area contributed by atoms with Crippen LogP contribution in [0.5, 0.6) is 11.6 Å². The third-order valence-corrected chi connectivity index (χ3v) is 3.09. The van der Waals surface area contributed by atoms with Gasteiger partial charge < -0.3 is 9.84 Å². The lowest BCUT2D eigenvalue weighted by Crippen LogP contribution is -1.92. The van der Waals surface area contributed by atoms with Gasteiger partial charge in [-0.1, -0.05) is 23.7 Å². The molecule has 0 aliphatic heterocycles. The molecule has 0 aliphatic rings. The second-order valence-corrected chi connectivity index (χ2v) is 4.95. The Morgan fingerprint density at radius 2 is 2.00 bits per heavy atom. The van der Waals surface area contributed by atoms with Crippen LogP contribution in [0.1, 0.15) is 5.56 Å². The first-order valence-corrected chi connectivity index (χ1v) is 6.55. The van der Waals surface area contributed by atoms with E-state index < -0.39 is 0 Å². The van der Waals surface area contributed by atoms with E-state index in [-0.39, 0.29) is 6.61 Å². The quantitative estimate of drug-likeness (QED) is 0.927. The molecule has 1 aromatic carbocycles. The molecule has 0 spiro atoms. The third kappa shape index (κ3) is 3.45. The fourth-order valence-electron chi connectivity index (χ4n) is 1.44. The summed E-state index contributed by atoms with van der Waals surface area (Å²) >= 11 is 9.14. The molecule has 0 aliphatic carbocycles. The van der Waals surface area contributed by atoms with Crippen molar-refractivity contribution in [1.82, 2.24) is 4.98 Å². The average Bonchev–Trinajstić information content (AvgIpc) is 2.35. The molecule has 0 saturated heterocycles. The molecule has 1 heterocycles. The number of aliphatic hydroxyl groups excluding tert-OH is 1. The third-order valence-electron chi connectivity index (χ3n) is 2.31. The second-order valence-electron chi connectivity index (χ2n) is 3.66. The molecule has 94 valence electrons. The van der Waals surface area contributed by atoms with Crippen LogP contribution in [0.3, 0.4) is 0 Å². The maximum Gasteiger partial charge on any atom is 0.233 e. The molecule has 2 rings (SSSR count). The summed E-state index contributed by atoms with van der Waals surface area (Å²) < 4.78 is 6.32. The predicted octanol–water partition coefficient (Wildman–Crippen LogP) is 3.82. The standard InChI is InChI=1S/C13H11BrClNO2/c14-12-7-10(15)8-16-13(12)18-11-3-1-9(2-4-11)5-6-17/h1-4,7-8,17H,5-6H2. The molecular formula is C13H11BrClNO2. The number of halogens is 2. The number of hydrogen-bond donors (Lipinski definition) is 1. The van der Waals surface area contributed by atoms with Crippen molar-refractivity contribution in [1.29, 1.82) is 0 Å². The summed E-state index contributed by atoms with van der Waals surface area (Å²) in [6.45, 7) is 0.143. The van der Waals surface area contributed by atoms with E-state index in [0.717, 1.165) is 5.56 Å². The van der Waals surface area contributed by atoms with E-state index >= 15 is 0 Å². The van der Waals surface area contributed by atoms with Gasteiger partial charge in [0.25, 0.3) is 0 Å². The van der Waals surface area contributed by atoms with E-state index in [4.69, 9.17) is 21.4 Å². The Morgan fingerprint density at radius 3 is 2.61 bits per heavy atom. The Balaban J connectivity index is 2.13. The van der Waals surface area contributed by atoms with Gasteiger partial charge in [-0.2, -0.15) is 0 Å². The first-order chi connectivity index (χ1) is 8.69. The summed E-state index contributed by atoms with van der Waals surface area (Å²) in [5.41, 5.74) is 1.06. The Kier molecular flexibility index (Phi) is 4.58. The lowest BCUT2D eigenvalue weighted by molar-refractivity contribution is 0.299. The molecular weight excluding hydrogens is 318 g/mol. The van der Waals surface area contributed by atoms with Gasteiger partial charge in [0.05, 0.1) is 9.50 Å². The van der Waals surface area contributed by atoms with Gasteiger partial charge in [-0.3, -0.25) is 0 Å². The molecule has 0 radical (unpaired) electrons. The molecule has 3 nitrogen and oxygen atoms in total. The number of hydrogen-bond acceptors (Lipinski definition) is 3. The maximum absolute atomic E-state index is 8.83. The van der Waals surface area contributed by atoms with Crippen LogP contribution in [-0.4, -0.2) is 16.7 Å². The van der Waals surface area contributed by atoms with Crippen molar-refractivity contribution in [2.45, 2.75) is 6.42 Å². The Hall–Kier alpha value is -1.10. The summed E-state index contributed by atoms with van der Waals surface area (Å²) in [4.78, 5) is 4.09. The molecule has 0 fully saturated rings. The SMILES string of the molecule is OCCc1ccc(Oc2ncc(Cl)cc2Br)cc1. The zero-order valence-corrected chi connectivity index (χ0v) is 11.8. The van der Waals surface area contributed by atoms with Crippen LogP contribution in [0, 0.1) is 0 Å². The van der Waals surface area contributed by atoms with E-state index in [1.54, 1.807) is 6.07 Å². The van der Waals surface area contributed by atoms with Crippen molar-refractivity contribution in [2.24, 2.45) is 0 Å². The highest BCUT2D eigenvalue weighted by molar-refractivity contribution is 9.10. The van der Waals surface area contributed by atoms with Crippen LogP contribution in [0.15, 0.2) is 41.0 Å². The summed E-state index contributed by atoms with van der Waals surface area (Å²) in [7, 11) is 0. The predicted molar refractivity (Wildman–Crippen MR) is 74.3 cm³/mol. The van der Waals surface area contributed by atoms with E-state index in [2.05, 4.69) is 20.9 Å². The van der Waals surface area contributed by atoms with E-state index in [0.29, 0.717) is 27.5 Å². The minimum absolute atomic E-state index is 0.143. The molecule has 18 heavy (non-hydrogen) atoms. The zero-order chi connectivity index (χ0) is 13.0. The van der Waals surface area contributed by atoms with Crippen LogP contribution in [0.25, 0.3) is 0 Å². The first-order valence-electron chi connectivity index (χ1n) is 5.38. The maximum atomic E-state index is 8.83. The van der Waals surface area contributed by atoms with Gasteiger partial charge in [0.1, 0.15) is 5.75 Å². The van der Waals surface area contributed by atoms with Crippen LogP contribution in [0.2, 0.25) is 5.02 Å². The summed E-state index contributed by atoms with van der Waals surface area (Å²) in [5.74, 6) is 1.15. The van der Waals surface area contributed by atoms with Crippen LogP contribution in [0.4, 0.5) is 0 Å². The van der Waals surface area contributed by atoms with Crippen molar-refractivity contribution in [3.63, 3.8) is 0 Å². The molecule has 2 aromatic rings. The number of aliphatic hydroxyl groups is 1. The molecule has 1 N–H and O–H groups in total. The highest BCUT2D eigenvalue weighted by atomic mass is 79.9. The minimum Gasteiger partial charge on any atom is -0.438 e. The lowest BCUT2D eigenvalue weighted by Gasteiger charge is -2.07. The van der Waals surface area contributed by atoms with Gasteiger partial charge in [-0.25, -0.2) is 4.98 Å². The van der Waals surface area contributed by atoms with Gasteiger partial charge in [0.2, 0.25) is 5.88 Å². The lowest BCUT2D eigenvalue weighted by atomic mass is 10.1. The number of ether oxygens (including phenoxy) is 1. The number of aromatic nitrogens is 1. The van der Waals surface area contributed by atoms with Crippen molar-refractivity contribution in [2.75, 3.05) is 6.61 Å². The molecule has 0 bridgehead atoms. The molecule has 0 saturated carbocycles. The van der Waals surface area contributed by atoms with Crippen LogP contribution in [-0.2, 0) is 6.42 Å². The molecule has 0 amide bonds. The highest BCUT2D eigenvalue weighted by Gasteiger charge is 2.05. The Bertz CT molecular complexity index is 531. The van der Waals surface area contributed by atoms with Crippen LogP contribution < -0.4 is 4.74 Å². The normalized spacial score (nSPS) is 10.4. The van der Waals surface area contributed by atoms with Crippen molar-refractivity contribution < 1.29 is 9.84 Å². The highest BCUT2D eigenvalue weighted by Crippen LogP contribution is 2.29. The van der Waals surface area contributed by atoms with E-state index in [1.165, 1.54) is 6.20 Å². The van der Waals surface area contributed by atoms with Gasteiger partial charge in [-0.15, -0.1) is 0 Å². The molecule has 1 aromatic heterocycles. The molecule has 5 heteroatoms. The molecule has 0 unspecified atom stereocenters. The van der Waals surface area contributed by atoms with Crippen LogP contribution >= 0.6 is 27.5 Å². The largest absolute Gasteiger partial charge is 0.438 e. The zero-order valence-electron chi connectivity index (χ0n) is 9.44. The van der Waals surface area contributed by atoms with E-state index in [1.807, 2.05) is 24.3 Å². The van der Waals surface area contributed by atoms with Gasteiger partial charge >= 0.3 is 0 Å². The Labute approximate surface area is 119 Å². The summed E-state index contributed by atoms with van der Waals surface area (Å²) in [6.07, 6.45) is 2.17. The summed E-state index contributed by atoms with van der Waals surface area (Å²) in [5, 5.41) is 9.38. The smallest absolute Gasteiger partial charge is 0.233 e. The van der Waals surface area contributed by atoms with Crippen molar-refractivity contribution >= 4 is 27.5 Å². The second kappa shape index (κ2) is 6.18. The number of benzene rings is 1. The number of pyridine rings is 1. The van der Waals surface area contributed by atoms with E-state index in [9.17, 15) is 0 Å². The fourth-order valence-corrected chi connectivity index (χ4v) is 2.16. The molecule has 0 atom stereocenters.